The van der Waals surface area contributed by atoms with Gasteiger partial charge in [-0.1, -0.05) is 11.8 Å². The summed E-state index contributed by atoms with van der Waals surface area (Å²) in [6.07, 6.45) is 2.44. The molecule has 3 nitrogen and oxygen atoms in total. The van der Waals surface area contributed by atoms with E-state index in [9.17, 15) is 4.79 Å². The molecule has 0 aromatic rings. The quantitative estimate of drug-likeness (QED) is 0.405. The Morgan fingerprint density at radius 2 is 2.18 bits per heavy atom. The van der Waals surface area contributed by atoms with E-state index in [-0.39, 0.29) is 0 Å². The SMILES string of the molecule is CC(C)(O)C#C/C=C\C(N)=O. The standard InChI is InChI=1S/C8H11NO2/c1-8(2,11)6-4-3-5-7(9)10/h3,5,11H,1-2H3,(H2,9,10)/b5-3-. The second-order valence-electron chi connectivity index (χ2n) is 2.56. The molecule has 3 heteroatoms. The lowest BCUT2D eigenvalue weighted by Crippen LogP contribution is -2.14. The van der Waals surface area contributed by atoms with Crippen LogP contribution in [0.25, 0.3) is 0 Å². The average molecular weight is 153 g/mol. The highest BCUT2D eigenvalue weighted by atomic mass is 16.3. The second kappa shape index (κ2) is 3.79. The van der Waals surface area contributed by atoms with Crippen LogP contribution >= 0.6 is 0 Å². The van der Waals surface area contributed by atoms with Gasteiger partial charge in [-0.05, 0) is 19.9 Å². The lowest BCUT2D eigenvalue weighted by Gasteiger charge is -2.04. The average Bonchev–Trinajstić information content (AvgIpc) is 1.78. The summed E-state index contributed by atoms with van der Waals surface area (Å²) >= 11 is 0. The molecule has 0 fully saturated rings. The lowest BCUT2D eigenvalue weighted by molar-refractivity contribution is -0.113. The maximum Gasteiger partial charge on any atom is 0.242 e. The molecule has 0 aliphatic rings. The van der Waals surface area contributed by atoms with Crippen molar-refractivity contribution in [3.63, 3.8) is 0 Å². The fourth-order valence-corrected chi connectivity index (χ4v) is 0.342. The van der Waals surface area contributed by atoms with Crippen LogP contribution in [0.2, 0.25) is 0 Å². The number of allylic oxidation sites excluding steroid dienone is 1. The molecule has 3 N–H and O–H groups in total. The molecule has 0 unspecified atom stereocenters. The zero-order valence-electron chi connectivity index (χ0n) is 6.59. The van der Waals surface area contributed by atoms with E-state index in [1.54, 1.807) is 13.8 Å². The summed E-state index contributed by atoms with van der Waals surface area (Å²) in [5.74, 6) is 4.42. The topological polar surface area (TPSA) is 63.3 Å². The number of rotatable bonds is 1. The van der Waals surface area contributed by atoms with Crippen molar-refractivity contribution in [3.05, 3.63) is 12.2 Å². The molecule has 0 aliphatic carbocycles. The van der Waals surface area contributed by atoms with Gasteiger partial charge in [-0.3, -0.25) is 4.79 Å². The third-order valence-corrected chi connectivity index (χ3v) is 0.709. The first-order valence-corrected chi connectivity index (χ1v) is 3.13. The molecule has 0 radical (unpaired) electrons. The predicted octanol–water partition coefficient (Wildman–Crippen LogP) is -0.198. The summed E-state index contributed by atoms with van der Waals surface area (Å²) in [5.41, 5.74) is 3.76. The second-order valence-corrected chi connectivity index (χ2v) is 2.56. The molecular weight excluding hydrogens is 142 g/mol. The van der Waals surface area contributed by atoms with E-state index in [0.717, 1.165) is 6.08 Å². The summed E-state index contributed by atoms with van der Waals surface area (Å²) < 4.78 is 0. The van der Waals surface area contributed by atoms with Crippen LogP contribution < -0.4 is 5.73 Å². The van der Waals surface area contributed by atoms with Crippen molar-refractivity contribution in [1.29, 1.82) is 0 Å². The minimum Gasteiger partial charge on any atom is -0.378 e. The van der Waals surface area contributed by atoms with E-state index in [0.29, 0.717) is 0 Å². The van der Waals surface area contributed by atoms with E-state index in [1.807, 2.05) is 0 Å². The molecule has 0 aromatic carbocycles. The molecule has 0 rings (SSSR count). The van der Waals surface area contributed by atoms with Crippen LogP contribution in [0.5, 0.6) is 0 Å². The van der Waals surface area contributed by atoms with Crippen LogP contribution in [0.15, 0.2) is 12.2 Å². The number of aliphatic hydroxyl groups is 1. The molecule has 0 saturated carbocycles. The molecule has 0 heterocycles. The number of carbonyl (C=O) groups is 1. The Morgan fingerprint density at radius 1 is 1.64 bits per heavy atom. The fourth-order valence-electron chi connectivity index (χ4n) is 0.342. The van der Waals surface area contributed by atoms with Gasteiger partial charge in [0.15, 0.2) is 0 Å². The van der Waals surface area contributed by atoms with E-state index >= 15 is 0 Å². The molecular formula is C8H11NO2. The molecule has 11 heavy (non-hydrogen) atoms. The molecule has 0 aromatic heterocycles. The fraction of sp³-hybridized carbons (Fsp3) is 0.375. The van der Waals surface area contributed by atoms with Crippen molar-refractivity contribution in [2.24, 2.45) is 5.73 Å². The third-order valence-electron chi connectivity index (χ3n) is 0.709. The summed E-state index contributed by atoms with van der Waals surface area (Å²) in [6, 6.07) is 0. The molecule has 0 bridgehead atoms. The Kier molecular flexibility index (Phi) is 3.35. The minimum absolute atomic E-state index is 0.546. The Labute approximate surface area is 65.9 Å². The first-order chi connectivity index (χ1) is 4.92. The monoisotopic (exact) mass is 153 g/mol. The van der Waals surface area contributed by atoms with Crippen LogP contribution in [0.4, 0.5) is 0 Å². The van der Waals surface area contributed by atoms with E-state index in [2.05, 4.69) is 11.8 Å². The van der Waals surface area contributed by atoms with Crippen molar-refractivity contribution in [3.8, 4) is 11.8 Å². The third kappa shape index (κ3) is 8.73. The number of primary amides is 1. The van der Waals surface area contributed by atoms with Crippen molar-refractivity contribution in [2.45, 2.75) is 19.4 Å². The van der Waals surface area contributed by atoms with Gasteiger partial charge in [0.25, 0.3) is 0 Å². The largest absolute Gasteiger partial charge is 0.378 e. The Morgan fingerprint density at radius 3 is 2.55 bits per heavy atom. The van der Waals surface area contributed by atoms with Crippen LogP contribution in [0, 0.1) is 11.8 Å². The van der Waals surface area contributed by atoms with Gasteiger partial charge in [-0.2, -0.15) is 0 Å². The molecule has 0 atom stereocenters. The number of carbonyl (C=O) groups excluding carboxylic acids is 1. The first-order valence-electron chi connectivity index (χ1n) is 3.13. The van der Waals surface area contributed by atoms with Crippen LogP contribution in [-0.4, -0.2) is 16.6 Å². The Hall–Kier alpha value is -1.27. The zero-order valence-corrected chi connectivity index (χ0v) is 6.59. The van der Waals surface area contributed by atoms with Gasteiger partial charge >= 0.3 is 0 Å². The normalized spacial score (nSPS) is 10.8. The smallest absolute Gasteiger partial charge is 0.242 e. The Bertz CT molecular complexity index is 225. The maximum atomic E-state index is 10.1. The van der Waals surface area contributed by atoms with Crippen LogP contribution in [0.1, 0.15) is 13.8 Å². The van der Waals surface area contributed by atoms with Crippen LogP contribution in [0.3, 0.4) is 0 Å². The van der Waals surface area contributed by atoms with E-state index < -0.39 is 11.5 Å². The highest BCUT2D eigenvalue weighted by Crippen LogP contribution is 1.95. The maximum absolute atomic E-state index is 10.1. The van der Waals surface area contributed by atoms with Gasteiger partial charge < -0.3 is 10.8 Å². The van der Waals surface area contributed by atoms with Crippen molar-refractivity contribution in [1.82, 2.24) is 0 Å². The van der Waals surface area contributed by atoms with Gasteiger partial charge in [-0.15, -0.1) is 0 Å². The van der Waals surface area contributed by atoms with E-state index in [1.165, 1.54) is 6.08 Å². The van der Waals surface area contributed by atoms with Gasteiger partial charge in [0.2, 0.25) is 5.91 Å². The van der Waals surface area contributed by atoms with Gasteiger partial charge in [-0.25, -0.2) is 0 Å². The summed E-state index contributed by atoms with van der Waals surface area (Å²) in [5, 5.41) is 9.06. The number of amides is 1. The lowest BCUT2D eigenvalue weighted by atomic mass is 10.1. The zero-order chi connectivity index (χ0) is 8.91. The summed E-state index contributed by atoms with van der Waals surface area (Å²) in [6.45, 7) is 3.11. The predicted molar refractivity (Wildman–Crippen MR) is 42.4 cm³/mol. The van der Waals surface area contributed by atoms with E-state index in [4.69, 9.17) is 10.8 Å². The van der Waals surface area contributed by atoms with Gasteiger partial charge in [0, 0.05) is 6.08 Å². The van der Waals surface area contributed by atoms with Gasteiger partial charge in [0.1, 0.15) is 5.60 Å². The molecule has 0 spiro atoms. The first kappa shape index (κ1) is 9.73. The molecule has 60 valence electrons. The summed E-state index contributed by atoms with van der Waals surface area (Å²) in [4.78, 5) is 10.1. The molecule has 1 amide bonds. The van der Waals surface area contributed by atoms with Gasteiger partial charge in [0.05, 0.1) is 0 Å². The number of hydrogen-bond donors (Lipinski definition) is 2. The minimum atomic E-state index is -1.03. The number of nitrogens with two attached hydrogens (primary N) is 1. The molecule has 0 saturated heterocycles. The highest BCUT2D eigenvalue weighted by Gasteiger charge is 2.04. The van der Waals surface area contributed by atoms with Crippen molar-refractivity contribution >= 4 is 5.91 Å². The molecule has 0 aliphatic heterocycles. The Balaban J connectivity index is 4.02. The summed E-state index contributed by atoms with van der Waals surface area (Å²) in [7, 11) is 0. The van der Waals surface area contributed by atoms with Crippen molar-refractivity contribution in [2.75, 3.05) is 0 Å². The number of hydrogen-bond acceptors (Lipinski definition) is 2. The van der Waals surface area contributed by atoms with Crippen molar-refractivity contribution < 1.29 is 9.90 Å². The highest BCUT2D eigenvalue weighted by molar-refractivity contribution is 5.86. The van der Waals surface area contributed by atoms with Crippen LogP contribution in [-0.2, 0) is 4.79 Å².